The van der Waals surface area contributed by atoms with Crippen LogP contribution in [0.5, 0.6) is 0 Å². The van der Waals surface area contributed by atoms with Crippen LogP contribution < -0.4 is 5.73 Å². The minimum absolute atomic E-state index is 0.230. The second-order valence-electron chi connectivity index (χ2n) is 3.64. The van der Waals surface area contributed by atoms with Gasteiger partial charge in [-0.3, -0.25) is 0 Å². The van der Waals surface area contributed by atoms with Crippen molar-refractivity contribution in [2.24, 2.45) is 5.73 Å². The van der Waals surface area contributed by atoms with E-state index in [1.165, 1.54) is 0 Å². The zero-order valence-corrected chi connectivity index (χ0v) is 9.61. The van der Waals surface area contributed by atoms with Crippen molar-refractivity contribution in [3.63, 3.8) is 0 Å². The molecular weight excluding hydrogens is 226 g/mol. The fourth-order valence-corrected chi connectivity index (χ4v) is 1.44. The summed E-state index contributed by atoms with van der Waals surface area (Å²) in [5, 5.41) is 4.57. The molecule has 0 aliphatic carbocycles. The lowest BCUT2D eigenvalue weighted by molar-refractivity contribution is 0.358. The highest BCUT2D eigenvalue weighted by atomic mass is 35.5. The van der Waals surface area contributed by atoms with Crippen LogP contribution in [0.2, 0.25) is 5.02 Å². The normalized spacial score (nSPS) is 12.7. The molecule has 2 aromatic rings. The van der Waals surface area contributed by atoms with Crippen LogP contribution in [0, 0.1) is 0 Å². The Balaban J connectivity index is 2.11. The highest BCUT2D eigenvalue weighted by molar-refractivity contribution is 6.30. The first-order valence-corrected chi connectivity index (χ1v) is 5.35. The van der Waals surface area contributed by atoms with Gasteiger partial charge in [-0.1, -0.05) is 28.9 Å². The van der Waals surface area contributed by atoms with Crippen LogP contribution in [0.3, 0.4) is 0 Å². The molecule has 0 saturated carbocycles. The van der Waals surface area contributed by atoms with Gasteiger partial charge in [0, 0.05) is 11.4 Å². The maximum atomic E-state index is 5.79. The van der Waals surface area contributed by atoms with E-state index < -0.39 is 0 Å². The Bertz CT molecular complexity index is 464. The van der Waals surface area contributed by atoms with Crippen LogP contribution in [-0.4, -0.2) is 10.1 Å². The number of nitrogens with zero attached hydrogens (tertiary/aromatic N) is 2. The predicted octanol–water partition coefficient (Wildman–Crippen LogP) is 2.33. The number of hydrogen-bond acceptors (Lipinski definition) is 4. The first-order chi connectivity index (χ1) is 7.65. The van der Waals surface area contributed by atoms with Crippen molar-refractivity contribution in [2.75, 3.05) is 0 Å². The van der Waals surface area contributed by atoms with E-state index in [1.54, 1.807) is 6.92 Å². The van der Waals surface area contributed by atoms with Crippen molar-refractivity contribution in [3.05, 3.63) is 46.6 Å². The lowest BCUT2D eigenvalue weighted by atomic mass is 10.1. The van der Waals surface area contributed by atoms with Gasteiger partial charge in [-0.15, -0.1) is 0 Å². The van der Waals surface area contributed by atoms with Gasteiger partial charge in [0.2, 0.25) is 5.89 Å². The van der Waals surface area contributed by atoms with Crippen LogP contribution in [0.1, 0.15) is 30.2 Å². The molecule has 1 aromatic carbocycles. The quantitative estimate of drug-likeness (QED) is 0.890. The van der Waals surface area contributed by atoms with Gasteiger partial charge in [-0.2, -0.15) is 4.98 Å². The number of halogens is 1. The highest BCUT2D eigenvalue weighted by Crippen LogP contribution is 2.13. The molecule has 0 aliphatic rings. The molecule has 0 unspecified atom stereocenters. The van der Waals surface area contributed by atoms with Crippen molar-refractivity contribution in [2.45, 2.75) is 19.4 Å². The lowest BCUT2D eigenvalue weighted by Crippen LogP contribution is -2.05. The van der Waals surface area contributed by atoms with Gasteiger partial charge in [0.1, 0.15) is 0 Å². The average molecular weight is 238 g/mol. The molecule has 0 radical (unpaired) electrons. The Labute approximate surface area is 98.4 Å². The first-order valence-electron chi connectivity index (χ1n) is 4.97. The molecular formula is C11H12ClN3O. The molecule has 5 heteroatoms. The second kappa shape index (κ2) is 4.63. The third-order valence-corrected chi connectivity index (χ3v) is 2.40. The minimum atomic E-state index is -0.230. The number of nitrogens with two attached hydrogens (primary N) is 1. The topological polar surface area (TPSA) is 64.9 Å². The SMILES string of the molecule is C[C@H](N)c1nc(Cc2ccc(Cl)cc2)no1. The van der Waals surface area contributed by atoms with Crippen molar-refractivity contribution >= 4 is 11.6 Å². The largest absolute Gasteiger partial charge is 0.338 e. The molecule has 2 rings (SSSR count). The molecule has 0 aliphatic heterocycles. The van der Waals surface area contributed by atoms with E-state index in [0.29, 0.717) is 23.2 Å². The molecule has 0 fully saturated rings. The molecule has 16 heavy (non-hydrogen) atoms. The Hall–Kier alpha value is -1.39. The van der Waals surface area contributed by atoms with Gasteiger partial charge < -0.3 is 10.3 Å². The molecule has 1 heterocycles. The molecule has 1 aromatic heterocycles. The van der Waals surface area contributed by atoms with Gasteiger partial charge in [0.15, 0.2) is 5.82 Å². The van der Waals surface area contributed by atoms with E-state index in [1.807, 2.05) is 24.3 Å². The summed E-state index contributed by atoms with van der Waals surface area (Å²) in [6, 6.07) is 7.31. The smallest absolute Gasteiger partial charge is 0.243 e. The Morgan fingerprint density at radius 3 is 2.62 bits per heavy atom. The minimum Gasteiger partial charge on any atom is -0.338 e. The average Bonchev–Trinajstić information content (AvgIpc) is 2.70. The fourth-order valence-electron chi connectivity index (χ4n) is 1.31. The summed E-state index contributed by atoms with van der Waals surface area (Å²) >= 11 is 5.79. The van der Waals surface area contributed by atoms with Crippen molar-refractivity contribution in [3.8, 4) is 0 Å². The van der Waals surface area contributed by atoms with Crippen molar-refractivity contribution < 1.29 is 4.52 Å². The Kier molecular flexibility index (Phi) is 3.22. The lowest BCUT2D eigenvalue weighted by Gasteiger charge is -1.96. The van der Waals surface area contributed by atoms with Gasteiger partial charge in [-0.25, -0.2) is 0 Å². The van der Waals surface area contributed by atoms with E-state index in [0.717, 1.165) is 5.56 Å². The summed E-state index contributed by atoms with van der Waals surface area (Å²) in [5.74, 6) is 1.10. The fraction of sp³-hybridized carbons (Fsp3) is 0.273. The van der Waals surface area contributed by atoms with Crippen LogP contribution in [0.25, 0.3) is 0 Å². The van der Waals surface area contributed by atoms with Crippen LogP contribution in [0.4, 0.5) is 0 Å². The van der Waals surface area contributed by atoms with Gasteiger partial charge in [0.25, 0.3) is 0 Å². The third kappa shape index (κ3) is 2.59. The van der Waals surface area contributed by atoms with Gasteiger partial charge >= 0.3 is 0 Å². The summed E-state index contributed by atoms with van der Waals surface area (Å²) in [5.41, 5.74) is 6.71. The Morgan fingerprint density at radius 2 is 2.06 bits per heavy atom. The first kappa shape index (κ1) is 11.1. The van der Waals surface area contributed by atoms with E-state index >= 15 is 0 Å². The molecule has 1 atom stereocenters. The van der Waals surface area contributed by atoms with Gasteiger partial charge in [-0.05, 0) is 24.6 Å². The zero-order valence-electron chi connectivity index (χ0n) is 8.85. The maximum Gasteiger partial charge on any atom is 0.243 e. The molecule has 0 amide bonds. The molecule has 0 saturated heterocycles. The molecule has 0 spiro atoms. The number of rotatable bonds is 3. The summed E-state index contributed by atoms with van der Waals surface area (Å²) in [6.07, 6.45) is 0.618. The number of aromatic nitrogens is 2. The summed E-state index contributed by atoms with van der Waals surface area (Å²) in [4.78, 5) is 4.19. The highest BCUT2D eigenvalue weighted by Gasteiger charge is 2.10. The van der Waals surface area contributed by atoms with Crippen molar-refractivity contribution in [1.29, 1.82) is 0 Å². The monoisotopic (exact) mass is 237 g/mol. The molecule has 84 valence electrons. The van der Waals surface area contributed by atoms with E-state index in [4.69, 9.17) is 21.9 Å². The zero-order chi connectivity index (χ0) is 11.5. The summed E-state index contributed by atoms with van der Waals surface area (Å²) < 4.78 is 5.01. The van der Waals surface area contributed by atoms with E-state index in [9.17, 15) is 0 Å². The molecule has 4 nitrogen and oxygen atoms in total. The van der Waals surface area contributed by atoms with E-state index in [-0.39, 0.29) is 6.04 Å². The van der Waals surface area contributed by atoms with Crippen molar-refractivity contribution in [1.82, 2.24) is 10.1 Å². The summed E-state index contributed by atoms with van der Waals surface area (Å²) in [6.45, 7) is 1.81. The van der Waals surface area contributed by atoms with E-state index in [2.05, 4.69) is 10.1 Å². The number of benzene rings is 1. The van der Waals surface area contributed by atoms with Crippen LogP contribution >= 0.6 is 11.6 Å². The predicted molar refractivity (Wildman–Crippen MR) is 61.2 cm³/mol. The second-order valence-corrected chi connectivity index (χ2v) is 4.08. The van der Waals surface area contributed by atoms with Gasteiger partial charge in [0.05, 0.1) is 6.04 Å². The molecule has 0 bridgehead atoms. The maximum absolute atomic E-state index is 5.79. The van der Waals surface area contributed by atoms with Crippen LogP contribution in [-0.2, 0) is 6.42 Å². The number of hydrogen-bond donors (Lipinski definition) is 1. The third-order valence-electron chi connectivity index (χ3n) is 2.15. The standard InChI is InChI=1S/C11H12ClN3O/c1-7(13)11-14-10(15-16-11)6-8-2-4-9(12)5-3-8/h2-5,7H,6,13H2,1H3/t7-/m0/s1. The summed E-state index contributed by atoms with van der Waals surface area (Å²) in [7, 11) is 0. The Morgan fingerprint density at radius 1 is 1.38 bits per heavy atom. The molecule has 2 N–H and O–H groups in total. The van der Waals surface area contributed by atoms with Crippen LogP contribution in [0.15, 0.2) is 28.8 Å².